The van der Waals surface area contributed by atoms with Crippen molar-refractivity contribution in [3.63, 3.8) is 0 Å². The summed E-state index contributed by atoms with van der Waals surface area (Å²) in [5.74, 6) is 0.140. The van der Waals surface area contributed by atoms with Crippen LogP contribution in [0.25, 0.3) is 31.0 Å². The molecular formula is C30H34F6N3OPS2. The molecule has 1 aromatic heterocycles. The van der Waals surface area contributed by atoms with E-state index in [0.717, 1.165) is 30.8 Å². The van der Waals surface area contributed by atoms with Gasteiger partial charge in [-0.3, -0.25) is 4.79 Å². The number of aryl methyl sites for hydroxylation is 2. The molecule has 4 nitrogen and oxygen atoms in total. The molecule has 0 unspecified atom stereocenters. The number of carbonyl (C=O) groups excluding carboxylic acids is 1. The number of anilines is 1. The normalized spacial score (nSPS) is 16.2. The summed E-state index contributed by atoms with van der Waals surface area (Å²) in [5.41, 5.74) is 7.17. The molecule has 0 fully saturated rings. The number of hydrogen-bond donors (Lipinski definition) is 0. The van der Waals surface area contributed by atoms with Gasteiger partial charge in [-0.1, -0.05) is 0 Å². The third-order valence-corrected chi connectivity index (χ3v) is 10.1. The van der Waals surface area contributed by atoms with Crippen molar-refractivity contribution in [3.05, 3.63) is 57.8 Å². The van der Waals surface area contributed by atoms with Gasteiger partial charge in [0.25, 0.3) is 5.91 Å². The topological polar surface area (TPSA) is 26.6 Å². The zero-order valence-corrected chi connectivity index (χ0v) is 26.9. The first-order valence-corrected chi connectivity index (χ1v) is 17.9. The Kier molecular flexibility index (Phi) is 7.92. The van der Waals surface area contributed by atoms with E-state index in [-0.39, 0.29) is 5.91 Å². The number of fused-ring (bicyclic) bond motifs is 3. The van der Waals surface area contributed by atoms with Crippen molar-refractivity contribution in [3.8, 4) is 20.9 Å². The Bertz CT molecular complexity index is 1740. The molecule has 4 heterocycles. The van der Waals surface area contributed by atoms with Gasteiger partial charge in [0.2, 0.25) is 5.36 Å². The van der Waals surface area contributed by atoms with E-state index < -0.39 is 7.81 Å². The Hall–Kier alpha value is -2.69. The van der Waals surface area contributed by atoms with Crippen LogP contribution in [-0.2, 0) is 12.8 Å². The maximum atomic E-state index is 13.2. The number of rotatable bonds is 4. The van der Waals surface area contributed by atoms with Crippen LogP contribution in [0.4, 0.5) is 30.9 Å². The molecule has 0 atom stereocenters. The van der Waals surface area contributed by atoms with Crippen LogP contribution in [0.2, 0.25) is 0 Å². The van der Waals surface area contributed by atoms with Crippen molar-refractivity contribution in [2.45, 2.75) is 39.5 Å². The van der Waals surface area contributed by atoms with E-state index in [1.54, 1.807) is 16.9 Å². The molecule has 0 saturated heterocycles. The van der Waals surface area contributed by atoms with E-state index in [2.05, 4.69) is 67.8 Å². The Balaban J connectivity index is 0.000000472. The summed E-state index contributed by atoms with van der Waals surface area (Å²) in [6.45, 7) is 7.94. The van der Waals surface area contributed by atoms with Crippen LogP contribution in [-0.4, -0.2) is 51.1 Å². The third-order valence-electron chi connectivity index (χ3n) is 7.82. The van der Waals surface area contributed by atoms with Crippen LogP contribution in [0, 0.1) is 0 Å². The molecule has 234 valence electrons. The van der Waals surface area contributed by atoms with Crippen LogP contribution < -0.4 is 14.8 Å². The number of carbonyl (C=O) groups is 1. The molecule has 1 aromatic carbocycles. The van der Waals surface area contributed by atoms with Crippen molar-refractivity contribution in [2.75, 3.05) is 45.2 Å². The van der Waals surface area contributed by atoms with Crippen molar-refractivity contribution in [1.82, 2.24) is 9.48 Å². The van der Waals surface area contributed by atoms with Crippen LogP contribution >= 0.6 is 30.5 Å². The minimum absolute atomic E-state index is 0.140. The zero-order valence-electron chi connectivity index (χ0n) is 24.4. The summed E-state index contributed by atoms with van der Waals surface area (Å²) in [6.07, 6.45) is 4.77. The van der Waals surface area contributed by atoms with Crippen molar-refractivity contribution in [2.24, 2.45) is 0 Å². The summed E-state index contributed by atoms with van der Waals surface area (Å²) in [5, 5.41) is 2.59. The fourth-order valence-corrected chi connectivity index (χ4v) is 8.31. The van der Waals surface area contributed by atoms with E-state index in [9.17, 15) is 30.0 Å². The average Bonchev–Trinajstić information content (AvgIpc) is 3.41. The fraction of sp³-hybridized carbons (Fsp3) is 0.400. The summed E-state index contributed by atoms with van der Waals surface area (Å²) in [6, 6.07) is 13.6. The molecule has 1 amide bonds. The van der Waals surface area contributed by atoms with Crippen molar-refractivity contribution < 1.29 is 30.0 Å². The number of thiophene rings is 1. The Morgan fingerprint density at radius 2 is 1.56 bits per heavy atom. The van der Waals surface area contributed by atoms with Gasteiger partial charge in [-0.25, -0.2) is 4.58 Å². The van der Waals surface area contributed by atoms with E-state index in [1.807, 2.05) is 22.3 Å². The molecule has 0 radical (unpaired) electrons. The van der Waals surface area contributed by atoms with Crippen molar-refractivity contribution in [1.29, 1.82) is 0 Å². The molecule has 0 saturated carbocycles. The van der Waals surface area contributed by atoms with E-state index >= 15 is 0 Å². The fourth-order valence-electron chi connectivity index (χ4n) is 5.99. The van der Waals surface area contributed by atoms with Gasteiger partial charge in [-0.2, -0.15) is 0 Å². The molecule has 13 heteroatoms. The Labute approximate surface area is 254 Å². The second-order valence-corrected chi connectivity index (χ2v) is 15.1. The number of halogens is 6. The van der Waals surface area contributed by atoms with Crippen LogP contribution in [0.3, 0.4) is 0 Å². The molecule has 0 N–H and O–H groups in total. The standard InChI is InChI=1S/C30H34N3OS2.F6P/c1-5-32(6-2)30(34)25-14-13-24(35-25)27-21-12-11-20(31(3)4)18-26(21)36-29-22-10-8-16-33-15-7-9-19(28(22)33)17-23(27)29;1-7(2,3,4,5)6/h11-14,17-18H,5-10,15-16H2,1-4H3;/q+1;-1. The van der Waals surface area contributed by atoms with Gasteiger partial charge in [0.05, 0.1) is 4.88 Å². The Morgan fingerprint density at radius 3 is 2.19 bits per heavy atom. The quantitative estimate of drug-likeness (QED) is 0.0944. The van der Waals surface area contributed by atoms with Crippen LogP contribution in [0.1, 0.15) is 47.5 Å². The predicted molar refractivity (Wildman–Crippen MR) is 169 cm³/mol. The summed E-state index contributed by atoms with van der Waals surface area (Å²) >= 11 is 3.60. The van der Waals surface area contributed by atoms with Crippen molar-refractivity contribution >= 4 is 52.2 Å². The summed E-state index contributed by atoms with van der Waals surface area (Å²) in [7, 11) is -6.44. The Morgan fingerprint density at radius 1 is 0.907 bits per heavy atom. The van der Waals surface area contributed by atoms with Gasteiger partial charge in [0.1, 0.15) is 14.1 Å². The molecule has 0 spiro atoms. The van der Waals surface area contributed by atoms with Gasteiger partial charge >= 0.3 is 33.0 Å². The average molecular weight is 662 g/mol. The number of benzene rings is 2. The van der Waals surface area contributed by atoms with Gasteiger partial charge < -0.3 is 9.80 Å². The van der Waals surface area contributed by atoms with Gasteiger partial charge in [0, 0.05) is 75.0 Å². The van der Waals surface area contributed by atoms with E-state index in [4.69, 9.17) is 0 Å². The molecular weight excluding hydrogens is 627 g/mol. The van der Waals surface area contributed by atoms with Gasteiger partial charge in [0.15, 0.2) is 0 Å². The monoisotopic (exact) mass is 661 g/mol. The summed E-state index contributed by atoms with van der Waals surface area (Å²) < 4.78 is 62.8. The number of hydrogen-bond acceptors (Lipinski definition) is 4. The third kappa shape index (κ3) is 7.18. The molecule has 43 heavy (non-hydrogen) atoms. The zero-order chi connectivity index (χ0) is 31.4. The first-order chi connectivity index (χ1) is 19.9. The first-order valence-electron chi connectivity index (χ1n) is 14.2. The first kappa shape index (κ1) is 31.7. The minimum atomic E-state index is -10.7. The molecule has 2 aromatic rings. The second kappa shape index (κ2) is 10.7. The van der Waals surface area contributed by atoms with Gasteiger partial charge in [-0.15, -0.1) is 22.7 Å². The summed E-state index contributed by atoms with van der Waals surface area (Å²) in [4.78, 5) is 21.1. The molecule has 3 aliphatic heterocycles. The van der Waals surface area contributed by atoms with Crippen LogP contribution in [0.5, 0.6) is 0 Å². The molecule has 0 bridgehead atoms. The van der Waals surface area contributed by atoms with E-state index in [0.29, 0.717) is 0 Å². The SMILES string of the molecule is CCN(CC)C(=O)c1ccc(-c2c3ccc(=[N+](C)C)cc-3sc3c4c5c(cc23)CCCN5CCC4)s1.F[P-](F)(F)(F)(F)F. The molecule has 6 rings (SSSR count). The number of nitrogens with zero attached hydrogens (tertiary/aromatic N) is 3. The maximum absolute atomic E-state index is 13.2. The molecule has 1 aliphatic carbocycles. The number of amides is 1. The van der Waals surface area contributed by atoms with Crippen LogP contribution in [0.15, 0.2) is 36.4 Å². The predicted octanol–water partition coefficient (Wildman–Crippen LogP) is 9.33. The second-order valence-electron chi connectivity index (χ2n) is 11.1. The molecule has 4 aliphatic rings. The van der Waals surface area contributed by atoms with E-state index in [1.165, 1.54) is 73.5 Å². The van der Waals surface area contributed by atoms with Gasteiger partial charge in [-0.05, 0) is 74.9 Å².